The van der Waals surface area contributed by atoms with Crippen LogP contribution in [-0.4, -0.2) is 62.4 Å². The Morgan fingerprint density at radius 3 is 2.89 bits per heavy atom. The fraction of sp³-hybridized carbons (Fsp3) is 0.923. The topological polar surface area (TPSA) is 61.8 Å². The highest BCUT2D eigenvalue weighted by molar-refractivity contribution is 5.77. The van der Waals surface area contributed by atoms with Gasteiger partial charge in [-0.3, -0.25) is 9.69 Å². The summed E-state index contributed by atoms with van der Waals surface area (Å²) < 4.78 is 4.92. The van der Waals surface area contributed by atoms with Crippen molar-refractivity contribution in [3.63, 3.8) is 0 Å². The average molecular weight is 258 g/mol. The van der Waals surface area contributed by atoms with E-state index < -0.39 is 0 Å². The molecule has 1 amide bonds. The zero-order chi connectivity index (χ0) is 13.4. The summed E-state index contributed by atoms with van der Waals surface area (Å²) in [6, 6.07) is 0. The van der Waals surface area contributed by atoms with E-state index in [0.717, 1.165) is 32.2 Å². The Labute approximate surface area is 109 Å². The number of nitrogens with zero attached hydrogens (tertiary/aromatic N) is 1. The molecule has 0 radical (unpaired) electrons. The van der Waals surface area contributed by atoms with Crippen LogP contribution in [0.4, 0.5) is 0 Å². The number of carbonyl (C=O) groups excluding carboxylic acids is 1. The highest BCUT2D eigenvalue weighted by Gasteiger charge is 2.26. The predicted octanol–water partition coefficient (Wildman–Crippen LogP) is 0.232. The Hall–Kier alpha value is -0.650. The van der Waals surface area contributed by atoms with Crippen LogP contribution >= 0.6 is 0 Å². The molecular weight excluding hydrogens is 232 g/mol. The molecule has 0 aromatic rings. The van der Waals surface area contributed by atoms with E-state index in [1.54, 1.807) is 7.11 Å². The molecule has 5 heteroatoms. The van der Waals surface area contributed by atoms with Crippen LogP contribution in [0, 0.1) is 5.92 Å². The second-order valence-electron chi connectivity index (χ2n) is 5.15. The minimum atomic E-state index is -0.183. The van der Waals surface area contributed by atoms with Gasteiger partial charge in [-0.15, -0.1) is 0 Å². The maximum atomic E-state index is 11.6. The molecule has 0 aliphatic heterocycles. The number of ether oxygens (including phenoxy) is 1. The van der Waals surface area contributed by atoms with E-state index in [9.17, 15) is 9.90 Å². The lowest BCUT2D eigenvalue weighted by atomic mass is 10.1. The van der Waals surface area contributed by atoms with Crippen molar-refractivity contribution in [2.45, 2.75) is 31.8 Å². The Bertz CT molecular complexity index is 248. The highest BCUT2D eigenvalue weighted by atomic mass is 16.5. The normalized spacial score (nSPS) is 23.6. The molecule has 18 heavy (non-hydrogen) atoms. The average Bonchev–Trinajstić information content (AvgIpc) is 2.70. The summed E-state index contributed by atoms with van der Waals surface area (Å²) in [5.74, 6) is 0.373. The number of nitrogens with one attached hydrogen (secondary N) is 1. The van der Waals surface area contributed by atoms with Gasteiger partial charge in [-0.1, -0.05) is 6.42 Å². The van der Waals surface area contributed by atoms with Crippen molar-refractivity contribution in [1.29, 1.82) is 0 Å². The number of aliphatic hydroxyl groups is 1. The van der Waals surface area contributed by atoms with E-state index in [4.69, 9.17) is 4.74 Å². The van der Waals surface area contributed by atoms with E-state index >= 15 is 0 Å². The lowest BCUT2D eigenvalue weighted by Gasteiger charge is -2.22. The summed E-state index contributed by atoms with van der Waals surface area (Å²) in [6.07, 6.45) is 3.73. The first-order valence-electron chi connectivity index (χ1n) is 6.75. The summed E-state index contributed by atoms with van der Waals surface area (Å²) in [5.41, 5.74) is 0. The maximum Gasteiger partial charge on any atom is 0.234 e. The predicted molar refractivity (Wildman–Crippen MR) is 70.3 cm³/mol. The van der Waals surface area contributed by atoms with Crippen molar-refractivity contribution in [3.05, 3.63) is 0 Å². The standard InChI is InChI=1S/C13H26N2O3/c1-15(9-11-5-3-6-12(11)16)10-13(17)14-7-4-8-18-2/h11-12,16H,3-10H2,1-2H3,(H,14,17). The van der Waals surface area contributed by atoms with Gasteiger partial charge in [-0.2, -0.15) is 0 Å². The Morgan fingerprint density at radius 2 is 2.28 bits per heavy atom. The number of hydrogen-bond donors (Lipinski definition) is 2. The van der Waals surface area contributed by atoms with Gasteiger partial charge in [0.2, 0.25) is 5.91 Å². The molecule has 0 spiro atoms. The molecule has 1 fully saturated rings. The van der Waals surface area contributed by atoms with Crippen LogP contribution in [0.5, 0.6) is 0 Å². The summed E-state index contributed by atoms with van der Waals surface area (Å²) >= 11 is 0. The monoisotopic (exact) mass is 258 g/mol. The molecule has 0 saturated heterocycles. The highest BCUT2D eigenvalue weighted by Crippen LogP contribution is 2.25. The van der Waals surface area contributed by atoms with E-state index in [-0.39, 0.29) is 12.0 Å². The SMILES string of the molecule is COCCCNC(=O)CN(C)CC1CCCC1O. The number of amides is 1. The van der Waals surface area contributed by atoms with Crippen molar-refractivity contribution < 1.29 is 14.6 Å². The van der Waals surface area contributed by atoms with E-state index in [0.29, 0.717) is 25.6 Å². The molecular formula is C13H26N2O3. The van der Waals surface area contributed by atoms with Crippen molar-refractivity contribution in [2.75, 3.05) is 40.4 Å². The van der Waals surface area contributed by atoms with Crippen LogP contribution < -0.4 is 5.32 Å². The van der Waals surface area contributed by atoms with Gasteiger partial charge in [0.15, 0.2) is 0 Å². The smallest absolute Gasteiger partial charge is 0.234 e. The van der Waals surface area contributed by atoms with Gasteiger partial charge >= 0.3 is 0 Å². The summed E-state index contributed by atoms with van der Waals surface area (Å²) in [6.45, 7) is 2.53. The number of methoxy groups -OCH3 is 1. The van der Waals surface area contributed by atoms with Crippen LogP contribution in [0.1, 0.15) is 25.7 Å². The zero-order valence-electron chi connectivity index (χ0n) is 11.5. The van der Waals surface area contributed by atoms with Gasteiger partial charge in [-0.25, -0.2) is 0 Å². The fourth-order valence-electron chi connectivity index (χ4n) is 2.44. The molecule has 5 nitrogen and oxygen atoms in total. The van der Waals surface area contributed by atoms with Gasteiger partial charge < -0.3 is 15.2 Å². The summed E-state index contributed by atoms with van der Waals surface area (Å²) in [5, 5.41) is 12.6. The van der Waals surface area contributed by atoms with E-state index in [2.05, 4.69) is 5.32 Å². The molecule has 106 valence electrons. The first-order valence-corrected chi connectivity index (χ1v) is 6.75. The van der Waals surface area contributed by atoms with Crippen LogP contribution in [0.3, 0.4) is 0 Å². The van der Waals surface area contributed by atoms with E-state index in [1.807, 2.05) is 11.9 Å². The molecule has 1 rings (SSSR count). The van der Waals surface area contributed by atoms with Crippen LogP contribution in [0.15, 0.2) is 0 Å². The van der Waals surface area contributed by atoms with Crippen LogP contribution in [-0.2, 0) is 9.53 Å². The zero-order valence-corrected chi connectivity index (χ0v) is 11.5. The Balaban J connectivity index is 2.11. The summed E-state index contributed by atoms with van der Waals surface area (Å²) in [4.78, 5) is 13.6. The van der Waals surface area contributed by atoms with E-state index in [1.165, 1.54) is 0 Å². The third-order valence-corrected chi connectivity index (χ3v) is 3.43. The number of carbonyl (C=O) groups is 1. The van der Waals surface area contributed by atoms with Gasteiger partial charge in [0, 0.05) is 26.8 Å². The molecule has 1 saturated carbocycles. The number of likely N-dealkylation sites (N-methyl/N-ethyl adjacent to an activating group) is 1. The minimum absolute atomic E-state index is 0.0427. The third kappa shape index (κ3) is 5.80. The third-order valence-electron chi connectivity index (χ3n) is 3.43. The molecule has 2 atom stereocenters. The molecule has 2 N–H and O–H groups in total. The molecule has 0 heterocycles. The van der Waals surface area contributed by atoms with Crippen LogP contribution in [0.2, 0.25) is 0 Å². The summed E-state index contributed by atoms with van der Waals surface area (Å²) in [7, 11) is 3.59. The maximum absolute atomic E-state index is 11.6. The van der Waals surface area contributed by atoms with Gasteiger partial charge in [-0.05, 0) is 32.2 Å². The number of hydrogen-bond acceptors (Lipinski definition) is 4. The quantitative estimate of drug-likeness (QED) is 0.612. The fourth-order valence-corrected chi connectivity index (χ4v) is 2.44. The lowest BCUT2D eigenvalue weighted by molar-refractivity contribution is -0.122. The van der Waals surface area contributed by atoms with Crippen molar-refractivity contribution in [1.82, 2.24) is 10.2 Å². The van der Waals surface area contributed by atoms with Gasteiger partial charge in [0.1, 0.15) is 0 Å². The molecule has 0 aromatic carbocycles. The molecule has 2 unspecified atom stereocenters. The van der Waals surface area contributed by atoms with Gasteiger partial charge in [0.05, 0.1) is 12.6 Å². The number of aliphatic hydroxyl groups excluding tert-OH is 1. The van der Waals surface area contributed by atoms with Crippen molar-refractivity contribution >= 4 is 5.91 Å². The largest absolute Gasteiger partial charge is 0.393 e. The molecule has 0 aromatic heterocycles. The first kappa shape index (κ1) is 15.4. The molecule has 1 aliphatic rings. The van der Waals surface area contributed by atoms with Crippen molar-refractivity contribution in [2.24, 2.45) is 5.92 Å². The Morgan fingerprint density at radius 1 is 1.50 bits per heavy atom. The van der Waals surface area contributed by atoms with Crippen molar-refractivity contribution in [3.8, 4) is 0 Å². The minimum Gasteiger partial charge on any atom is -0.393 e. The lowest BCUT2D eigenvalue weighted by Crippen LogP contribution is -2.39. The Kier molecular flexibility index (Phi) is 7.23. The molecule has 0 bridgehead atoms. The van der Waals surface area contributed by atoms with Gasteiger partial charge in [0.25, 0.3) is 0 Å². The van der Waals surface area contributed by atoms with Crippen LogP contribution in [0.25, 0.3) is 0 Å². The number of rotatable bonds is 8. The second-order valence-corrected chi connectivity index (χ2v) is 5.15. The second kappa shape index (κ2) is 8.45. The molecule has 1 aliphatic carbocycles. The first-order chi connectivity index (χ1) is 8.63.